The minimum atomic E-state index is -0.473. The van der Waals surface area contributed by atoms with Crippen molar-refractivity contribution in [1.29, 1.82) is 0 Å². The number of nitrogens with zero attached hydrogens (tertiary/aromatic N) is 2. The van der Waals surface area contributed by atoms with Crippen LogP contribution in [0.4, 0.5) is 0 Å². The molecule has 0 aromatic carbocycles. The van der Waals surface area contributed by atoms with Gasteiger partial charge >= 0.3 is 0 Å². The summed E-state index contributed by atoms with van der Waals surface area (Å²) in [7, 11) is 0. The summed E-state index contributed by atoms with van der Waals surface area (Å²) in [5, 5.41) is 15.9. The quantitative estimate of drug-likeness (QED) is 0.737. The van der Waals surface area contributed by atoms with E-state index in [0.717, 1.165) is 0 Å². The zero-order valence-electron chi connectivity index (χ0n) is 9.05. The van der Waals surface area contributed by atoms with Crippen LogP contribution < -0.4 is 5.32 Å². The Balaban J connectivity index is 2.41. The summed E-state index contributed by atoms with van der Waals surface area (Å²) >= 11 is 0. The first-order chi connectivity index (χ1) is 7.15. The fourth-order valence-electron chi connectivity index (χ4n) is 1.14. The largest absolute Gasteiger partial charge is 0.391 e. The van der Waals surface area contributed by atoms with Crippen molar-refractivity contribution in [2.45, 2.75) is 32.4 Å². The molecule has 2 unspecified atom stereocenters. The molecule has 1 aromatic heterocycles. The van der Waals surface area contributed by atoms with Crippen LogP contribution >= 0.6 is 0 Å². The third-order valence-electron chi connectivity index (χ3n) is 2.28. The lowest BCUT2D eigenvalue weighted by atomic mass is 10.2. The first-order valence-electron chi connectivity index (χ1n) is 5.10. The Labute approximate surface area is 89.1 Å². The van der Waals surface area contributed by atoms with Crippen molar-refractivity contribution < 1.29 is 9.90 Å². The number of rotatable bonds is 5. The van der Waals surface area contributed by atoms with Gasteiger partial charge < -0.3 is 10.4 Å². The number of carbonyl (C=O) groups is 1. The third kappa shape index (κ3) is 3.36. The maximum absolute atomic E-state index is 11.6. The summed E-state index contributed by atoms with van der Waals surface area (Å²) in [6, 6.07) is 1.43. The number of carbonyl (C=O) groups excluding carboxylic acids is 1. The molecule has 0 bridgehead atoms. The number of aliphatic hydroxyl groups is 1. The molecular formula is C10H17N3O2. The van der Waals surface area contributed by atoms with Gasteiger partial charge in [0.05, 0.1) is 6.10 Å². The Kier molecular flexibility index (Phi) is 4.30. The molecule has 0 saturated heterocycles. The number of nitrogens with one attached hydrogen (secondary N) is 1. The van der Waals surface area contributed by atoms with Crippen LogP contribution in [0.1, 0.15) is 26.3 Å². The summed E-state index contributed by atoms with van der Waals surface area (Å²) in [5.41, 5.74) is 0. The molecule has 84 valence electrons. The van der Waals surface area contributed by atoms with Crippen LogP contribution in [-0.2, 0) is 4.79 Å². The molecule has 1 heterocycles. The van der Waals surface area contributed by atoms with Gasteiger partial charge in [0.15, 0.2) is 0 Å². The van der Waals surface area contributed by atoms with E-state index in [1.165, 1.54) is 0 Å². The monoisotopic (exact) mass is 211 g/mol. The minimum Gasteiger partial charge on any atom is -0.391 e. The molecule has 0 radical (unpaired) electrons. The molecule has 0 saturated carbocycles. The molecule has 0 aliphatic rings. The standard InChI is InChI=1S/C10H17N3O2/c1-3-9(14)7-11-10(15)8(2)13-6-4-5-12-13/h4-6,8-9,14H,3,7H2,1-2H3,(H,11,15). The lowest BCUT2D eigenvalue weighted by Crippen LogP contribution is -2.36. The highest BCUT2D eigenvalue weighted by Gasteiger charge is 2.15. The normalized spacial score (nSPS) is 14.6. The van der Waals surface area contributed by atoms with Gasteiger partial charge in [-0.15, -0.1) is 0 Å². The van der Waals surface area contributed by atoms with Crippen molar-refractivity contribution in [3.8, 4) is 0 Å². The minimum absolute atomic E-state index is 0.133. The average Bonchev–Trinajstić information content (AvgIpc) is 2.77. The second-order valence-corrected chi connectivity index (χ2v) is 3.47. The number of aliphatic hydroxyl groups excluding tert-OH is 1. The van der Waals surface area contributed by atoms with Crippen LogP contribution in [-0.4, -0.2) is 33.4 Å². The van der Waals surface area contributed by atoms with E-state index in [-0.39, 0.29) is 11.9 Å². The Morgan fingerprint density at radius 3 is 2.93 bits per heavy atom. The summed E-state index contributed by atoms with van der Waals surface area (Å²) < 4.78 is 1.58. The number of aromatic nitrogens is 2. The molecule has 1 rings (SSSR count). The lowest BCUT2D eigenvalue weighted by Gasteiger charge is -2.14. The summed E-state index contributed by atoms with van der Waals surface area (Å²) in [4.78, 5) is 11.6. The average molecular weight is 211 g/mol. The third-order valence-corrected chi connectivity index (χ3v) is 2.28. The van der Waals surface area contributed by atoms with Crippen LogP contribution in [0.5, 0.6) is 0 Å². The molecule has 15 heavy (non-hydrogen) atoms. The molecule has 2 N–H and O–H groups in total. The van der Waals surface area contributed by atoms with Gasteiger partial charge in [0.1, 0.15) is 6.04 Å². The molecule has 0 spiro atoms. The van der Waals surface area contributed by atoms with Gasteiger partial charge in [-0.1, -0.05) is 6.92 Å². The van der Waals surface area contributed by atoms with Crippen LogP contribution in [0.25, 0.3) is 0 Å². The molecule has 1 aromatic rings. The molecule has 0 aliphatic carbocycles. The fourth-order valence-corrected chi connectivity index (χ4v) is 1.14. The number of hydrogen-bond acceptors (Lipinski definition) is 3. The predicted molar refractivity (Wildman–Crippen MR) is 56.2 cm³/mol. The van der Waals surface area contributed by atoms with Gasteiger partial charge in [0.2, 0.25) is 5.91 Å². The number of hydrogen-bond donors (Lipinski definition) is 2. The maximum atomic E-state index is 11.6. The topological polar surface area (TPSA) is 67.2 Å². The summed E-state index contributed by atoms with van der Waals surface area (Å²) in [5.74, 6) is -0.133. The van der Waals surface area contributed by atoms with E-state index in [0.29, 0.717) is 13.0 Å². The Morgan fingerprint density at radius 2 is 2.40 bits per heavy atom. The first-order valence-corrected chi connectivity index (χ1v) is 5.10. The molecule has 2 atom stereocenters. The van der Waals surface area contributed by atoms with Crippen molar-refractivity contribution in [2.24, 2.45) is 0 Å². The van der Waals surface area contributed by atoms with Crippen LogP contribution in [0.2, 0.25) is 0 Å². The molecule has 1 amide bonds. The predicted octanol–water partition coefficient (Wildman–Crippen LogP) is 0.331. The summed E-state index contributed by atoms with van der Waals surface area (Å²) in [6.45, 7) is 3.93. The van der Waals surface area contributed by atoms with Crippen molar-refractivity contribution in [3.63, 3.8) is 0 Å². The maximum Gasteiger partial charge on any atom is 0.244 e. The second kappa shape index (κ2) is 5.50. The molecule has 5 heteroatoms. The van der Waals surface area contributed by atoms with Crippen LogP contribution in [0, 0.1) is 0 Å². The van der Waals surface area contributed by atoms with Crippen molar-refractivity contribution in [3.05, 3.63) is 18.5 Å². The van der Waals surface area contributed by atoms with Gasteiger partial charge in [-0.25, -0.2) is 0 Å². The van der Waals surface area contributed by atoms with E-state index in [9.17, 15) is 9.90 Å². The Hall–Kier alpha value is -1.36. The smallest absolute Gasteiger partial charge is 0.244 e. The Bertz CT molecular complexity index is 298. The van der Waals surface area contributed by atoms with Crippen LogP contribution in [0.3, 0.4) is 0 Å². The lowest BCUT2D eigenvalue weighted by molar-refractivity contribution is -0.124. The van der Waals surface area contributed by atoms with Gasteiger partial charge in [0.25, 0.3) is 0 Å². The van der Waals surface area contributed by atoms with Crippen molar-refractivity contribution in [1.82, 2.24) is 15.1 Å². The van der Waals surface area contributed by atoms with E-state index >= 15 is 0 Å². The Morgan fingerprint density at radius 1 is 1.67 bits per heavy atom. The van der Waals surface area contributed by atoms with E-state index in [1.54, 1.807) is 30.1 Å². The number of amides is 1. The molecule has 0 fully saturated rings. The van der Waals surface area contributed by atoms with E-state index in [1.807, 2.05) is 6.92 Å². The molecule has 5 nitrogen and oxygen atoms in total. The fraction of sp³-hybridized carbons (Fsp3) is 0.600. The van der Waals surface area contributed by atoms with Gasteiger partial charge in [-0.2, -0.15) is 5.10 Å². The first kappa shape index (κ1) is 11.7. The van der Waals surface area contributed by atoms with E-state index < -0.39 is 6.10 Å². The van der Waals surface area contributed by atoms with Crippen molar-refractivity contribution in [2.75, 3.05) is 6.54 Å². The van der Waals surface area contributed by atoms with Gasteiger partial charge in [0, 0.05) is 18.9 Å². The SMILES string of the molecule is CCC(O)CNC(=O)C(C)n1cccn1. The van der Waals surface area contributed by atoms with Gasteiger partial charge in [-0.3, -0.25) is 9.48 Å². The highest BCUT2D eigenvalue weighted by atomic mass is 16.3. The zero-order chi connectivity index (χ0) is 11.3. The zero-order valence-corrected chi connectivity index (χ0v) is 9.05. The molecular weight excluding hydrogens is 194 g/mol. The summed E-state index contributed by atoms with van der Waals surface area (Å²) in [6.07, 6.45) is 3.53. The molecule has 0 aliphatic heterocycles. The van der Waals surface area contributed by atoms with E-state index in [4.69, 9.17) is 0 Å². The van der Waals surface area contributed by atoms with Gasteiger partial charge in [-0.05, 0) is 19.4 Å². The second-order valence-electron chi connectivity index (χ2n) is 3.47. The highest BCUT2D eigenvalue weighted by Crippen LogP contribution is 2.02. The van der Waals surface area contributed by atoms with E-state index in [2.05, 4.69) is 10.4 Å². The van der Waals surface area contributed by atoms with Crippen molar-refractivity contribution >= 4 is 5.91 Å². The highest BCUT2D eigenvalue weighted by molar-refractivity contribution is 5.79. The van der Waals surface area contributed by atoms with Crippen LogP contribution in [0.15, 0.2) is 18.5 Å².